The lowest BCUT2D eigenvalue weighted by molar-refractivity contribution is 0.0890. The molecule has 3 rings (SSSR count). The maximum Gasteiger partial charge on any atom is 0.251 e. The molecule has 1 N–H and O–H groups in total. The number of carbonyl (C=O) groups is 1. The first-order valence-corrected chi connectivity index (χ1v) is 9.40. The number of nitrogens with zero attached hydrogens (tertiary/aromatic N) is 1. The molecule has 126 valence electrons. The van der Waals surface area contributed by atoms with Gasteiger partial charge in [-0.15, -0.1) is 0 Å². The van der Waals surface area contributed by atoms with E-state index in [4.69, 9.17) is 16.3 Å². The second kappa shape index (κ2) is 8.16. The van der Waals surface area contributed by atoms with Gasteiger partial charge in [-0.05, 0) is 72.5 Å². The van der Waals surface area contributed by atoms with Crippen LogP contribution in [0.4, 0.5) is 0 Å². The maximum absolute atomic E-state index is 12.3. The number of pyridine rings is 1. The summed E-state index contributed by atoms with van der Waals surface area (Å²) in [6.07, 6.45) is 5.36. The van der Waals surface area contributed by atoms with E-state index in [1.165, 1.54) is 0 Å². The third kappa shape index (κ3) is 4.83. The normalized spacial score (nSPS) is 20.4. The van der Waals surface area contributed by atoms with Gasteiger partial charge in [-0.3, -0.25) is 4.79 Å². The Balaban J connectivity index is 1.48. The summed E-state index contributed by atoms with van der Waals surface area (Å²) in [4.78, 5) is 16.5. The molecule has 1 heterocycles. The molecule has 1 amide bonds. The van der Waals surface area contributed by atoms with E-state index < -0.39 is 0 Å². The molecule has 0 bridgehead atoms. The van der Waals surface area contributed by atoms with E-state index in [0.29, 0.717) is 16.5 Å². The van der Waals surface area contributed by atoms with E-state index in [2.05, 4.69) is 32.9 Å². The highest BCUT2D eigenvalue weighted by Crippen LogP contribution is 2.24. The Morgan fingerprint density at radius 3 is 2.67 bits per heavy atom. The zero-order chi connectivity index (χ0) is 16.9. The Morgan fingerprint density at radius 2 is 2.00 bits per heavy atom. The van der Waals surface area contributed by atoms with Crippen molar-refractivity contribution in [3.63, 3.8) is 0 Å². The molecule has 0 unspecified atom stereocenters. The number of halogens is 2. The fourth-order valence-electron chi connectivity index (χ4n) is 2.83. The number of ether oxygens (including phenoxy) is 1. The second-order valence-corrected chi connectivity index (χ2v) is 7.57. The van der Waals surface area contributed by atoms with E-state index in [9.17, 15) is 4.79 Å². The summed E-state index contributed by atoms with van der Waals surface area (Å²) in [5, 5.41) is 3.72. The fraction of sp³-hybridized carbons (Fsp3) is 0.333. The van der Waals surface area contributed by atoms with Gasteiger partial charge in [-0.25, -0.2) is 4.98 Å². The Hall–Kier alpha value is -1.34. The van der Waals surface area contributed by atoms with Crippen LogP contribution in [0, 0.1) is 3.57 Å². The van der Waals surface area contributed by atoms with Crippen LogP contribution in [0.1, 0.15) is 36.0 Å². The van der Waals surface area contributed by atoms with Gasteiger partial charge in [0, 0.05) is 27.4 Å². The smallest absolute Gasteiger partial charge is 0.251 e. The average molecular weight is 457 g/mol. The lowest BCUT2D eigenvalue weighted by atomic mass is 9.92. The van der Waals surface area contributed by atoms with Crippen LogP contribution in [0.2, 0.25) is 5.02 Å². The molecule has 1 aliphatic rings. The Morgan fingerprint density at radius 1 is 1.21 bits per heavy atom. The largest absolute Gasteiger partial charge is 0.474 e. The Labute approximate surface area is 160 Å². The summed E-state index contributed by atoms with van der Waals surface area (Å²) in [5.74, 6) is 0.600. The van der Waals surface area contributed by atoms with Crippen LogP contribution in [0.5, 0.6) is 5.88 Å². The summed E-state index contributed by atoms with van der Waals surface area (Å²) in [5.41, 5.74) is 0.714. The summed E-state index contributed by atoms with van der Waals surface area (Å²) in [6.45, 7) is 0. The summed E-state index contributed by atoms with van der Waals surface area (Å²) >= 11 is 8.04. The molecule has 1 saturated carbocycles. The molecule has 4 nitrogen and oxygen atoms in total. The van der Waals surface area contributed by atoms with Gasteiger partial charge in [0.1, 0.15) is 6.10 Å². The van der Waals surface area contributed by atoms with Crippen molar-refractivity contribution in [1.29, 1.82) is 0 Å². The molecular weight excluding hydrogens is 439 g/mol. The molecule has 0 spiro atoms. The van der Waals surface area contributed by atoms with Gasteiger partial charge in [-0.2, -0.15) is 0 Å². The van der Waals surface area contributed by atoms with Crippen LogP contribution in [0.25, 0.3) is 0 Å². The summed E-state index contributed by atoms with van der Waals surface area (Å²) in [6, 6.07) is 11.4. The number of aromatic nitrogens is 1. The van der Waals surface area contributed by atoms with Gasteiger partial charge < -0.3 is 10.1 Å². The Bertz CT molecular complexity index is 700. The number of benzene rings is 1. The minimum atomic E-state index is -0.00254. The van der Waals surface area contributed by atoms with Gasteiger partial charge in [0.25, 0.3) is 5.91 Å². The molecule has 0 aliphatic heterocycles. The third-order valence-electron chi connectivity index (χ3n) is 4.08. The van der Waals surface area contributed by atoms with E-state index >= 15 is 0 Å². The van der Waals surface area contributed by atoms with Crippen LogP contribution in [-0.4, -0.2) is 23.0 Å². The molecule has 0 atom stereocenters. The molecule has 0 radical (unpaired) electrons. The van der Waals surface area contributed by atoms with E-state index in [1.54, 1.807) is 18.3 Å². The van der Waals surface area contributed by atoms with Gasteiger partial charge >= 0.3 is 0 Å². The van der Waals surface area contributed by atoms with Gasteiger partial charge in [-0.1, -0.05) is 17.7 Å². The average Bonchev–Trinajstić information content (AvgIpc) is 2.59. The van der Waals surface area contributed by atoms with Gasteiger partial charge in [0.2, 0.25) is 5.88 Å². The monoisotopic (exact) mass is 456 g/mol. The van der Waals surface area contributed by atoms with E-state index in [1.807, 2.05) is 24.3 Å². The zero-order valence-corrected chi connectivity index (χ0v) is 16.0. The SMILES string of the molecule is O=C(NC1CCC(Oc2ccc(Cl)cn2)CC1)c1cccc(I)c1. The lowest BCUT2D eigenvalue weighted by Gasteiger charge is -2.29. The highest BCUT2D eigenvalue weighted by Gasteiger charge is 2.24. The molecule has 6 heteroatoms. The highest BCUT2D eigenvalue weighted by molar-refractivity contribution is 14.1. The molecule has 1 fully saturated rings. The molecule has 1 aromatic heterocycles. The second-order valence-electron chi connectivity index (χ2n) is 5.89. The minimum absolute atomic E-state index is 0.00254. The van der Waals surface area contributed by atoms with Crippen LogP contribution in [0.15, 0.2) is 42.6 Å². The first-order valence-electron chi connectivity index (χ1n) is 7.95. The number of hydrogen-bond acceptors (Lipinski definition) is 3. The number of rotatable bonds is 4. The van der Waals surface area contributed by atoms with E-state index in [0.717, 1.165) is 29.3 Å². The van der Waals surface area contributed by atoms with Crippen LogP contribution < -0.4 is 10.1 Å². The van der Waals surface area contributed by atoms with Crippen molar-refractivity contribution in [3.05, 3.63) is 56.8 Å². The molecule has 1 aromatic carbocycles. The molecule has 24 heavy (non-hydrogen) atoms. The standard InChI is InChI=1S/C18H18ClIN2O2/c19-13-4-9-17(21-11-13)24-16-7-5-15(6-8-16)22-18(23)12-2-1-3-14(20)10-12/h1-4,9-11,15-16H,5-8H2,(H,22,23). The quantitative estimate of drug-likeness (QED) is 0.691. The van der Waals surface area contributed by atoms with Crippen molar-refractivity contribution in [2.75, 3.05) is 0 Å². The van der Waals surface area contributed by atoms with Gasteiger partial charge in [0.15, 0.2) is 0 Å². The van der Waals surface area contributed by atoms with Crippen molar-refractivity contribution in [2.45, 2.75) is 37.8 Å². The maximum atomic E-state index is 12.3. The van der Waals surface area contributed by atoms with E-state index in [-0.39, 0.29) is 18.1 Å². The van der Waals surface area contributed by atoms with Crippen molar-refractivity contribution < 1.29 is 9.53 Å². The van der Waals surface area contributed by atoms with Crippen molar-refractivity contribution in [3.8, 4) is 5.88 Å². The lowest BCUT2D eigenvalue weighted by Crippen LogP contribution is -2.39. The first kappa shape index (κ1) is 17.5. The minimum Gasteiger partial charge on any atom is -0.474 e. The first-order chi connectivity index (χ1) is 11.6. The van der Waals surface area contributed by atoms with Crippen LogP contribution >= 0.6 is 34.2 Å². The fourth-order valence-corrected chi connectivity index (χ4v) is 3.48. The number of carbonyl (C=O) groups excluding carboxylic acids is 1. The predicted octanol–water partition coefficient (Wildman–Crippen LogP) is 4.46. The molecule has 1 aliphatic carbocycles. The van der Waals surface area contributed by atoms with Crippen molar-refractivity contribution >= 4 is 40.1 Å². The number of nitrogens with one attached hydrogen (secondary N) is 1. The van der Waals surface area contributed by atoms with Crippen molar-refractivity contribution in [2.24, 2.45) is 0 Å². The van der Waals surface area contributed by atoms with Crippen molar-refractivity contribution in [1.82, 2.24) is 10.3 Å². The summed E-state index contributed by atoms with van der Waals surface area (Å²) in [7, 11) is 0. The molecule has 0 saturated heterocycles. The Kier molecular flexibility index (Phi) is 5.94. The third-order valence-corrected chi connectivity index (χ3v) is 4.98. The molecular formula is C18H18ClIN2O2. The topological polar surface area (TPSA) is 51.2 Å². The molecule has 2 aromatic rings. The number of hydrogen-bond donors (Lipinski definition) is 1. The predicted molar refractivity (Wildman–Crippen MR) is 103 cm³/mol. The van der Waals surface area contributed by atoms with Crippen LogP contribution in [0.3, 0.4) is 0 Å². The highest BCUT2D eigenvalue weighted by atomic mass is 127. The zero-order valence-electron chi connectivity index (χ0n) is 13.0. The van der Waals surface area contributed by atoms with Gasteiger partial charge in [0.05, 0.1) is 5.02 Å². The number of amides is 1. The van der Waals surface area contributed by atoms with Crippen LogP contribution in [-0.2, 0) is 0 Å². The summed E-state index contributed by atoms with van der Waals surface area (Å²) < 4.78 is 6.94.